The second-order valence-electron chi connectivity index (χ2n) is 7.47. The molecule has 0 bridgehead atoms. The van der Waals surface area contributed by atoms with Crippen LogP contribution in [0.4, 0.5) is 5.82 Å². The fraction of sp³-hybridized carbons (Fsp3) is 0.526. The quantitative estimate of drug-likeness (QED) is 0.596. The lowest BCUT2D eigenvalue weighted by atomic mass is 9.91. The SMILES string of the molecule is CC(C)[C@@]1(n2cnc3c(NC4=CC=CCC4)ncnc32)O[C@H](CO)[C@@H](O)[C@H]1O. The number of hydrogen-bond acceptors (Lipinski definition) is 8. The van der Waals surface area contributed by atoms with Crippen molar-refractivity contribution in [2.45, 2.75) is 50.7 Å². The topological polar surface area (TPSA) is 126 Å². The first-order valence-electron chi connectivity index (χ1n) is 9.45. The van der Waals surface area contributed by atoms with Gasteiger partial charge in [0, 0.05) is 11.6 Å². The molecule has 1 fully saturated rings. The summed E-state index contributed by atoms with van der Waals surface area (Å²) in [5.74, 6) is 0.333. The summed E-state index contributed by atoms with van der Waals surface area (Å²) in [5.41, 5.74) is 0.738. The number of allylic oxidation sites excluding steroid dienone is 4. The molecule has 0 saturated carbocycles. The lowest BCUT2D eigenvalue weighted by Crippen LogP contribution is -2.49. The second kappa shape index (κ2) is 7.25. The highest BCUT2D eigenvalue weighted by Crippen LogP contribution is 2.43. The van der Waals surface area contributed by atoms with E-state index >= 15 is 0 Å². The first-order valence-corrected chi connectivity index (χ1v) is 9.45. The van der Waals surface area contributed by atoms with Crippen LogP contribution in [0.25, 0.3) is 11.2 Å². The number of anilines is 1. The van der Waals surface area contributed by atoms with Gasteiger partial charge in [0.1, 0.15) is 24.6 Å². The minimum absolute atomic E-state index is 0.233. The summed E-state index contributed by atoms with van der Waals surface area (Å²) >= 11 is 0. The van der Waals surface area contributed by atoms with Crippen LogP contribution in [0.2, 0.25) is 0 Å². The highest BCUT2D eigenvalue weighted by Gasteiger charge is 2.57. The molecule has 150 valence electrons. The summed E-state index contributed by atoms with van der Waals surface area (Å²) in [7, 11) is 0. The molecule has 1 saturated heterocycles. The number of aromatic nitrogens is 4. The number of imidazole rings is 1. The van der Waals surface area contributed by atoms with Crippen molar-refractivity contribution in [3.63, 3.8) is 0 Å². The number of nitrogens with one attached hydrogen (secondary N) is 1. The number of aliphatic hydroxyl groups is 3. The Bertz CT molecular complexity index is 924. The summed E-state index contributed by atoms with van der Waals surface area (Å²) < 4.78 is 7.64. The van der Waals surface area contributed by atoms with Gasteiger partial charge in [-0.1, -0.05) is 26.0 Å². The Morgan fingerprint density at radius 1 is 1.32 bits per heavy atom. The first-order chi connectivity index (χ1) is 13.5. The lowest BCUT2D eigenvalue weighted by Gasteiger charge is -2.37. The van der Waals surface area contributed by atoms with Gasteiger partial charge in [-0.15, -0.1) is 0 Å². The molecule has 3 heterocycles. The zero-order valence-electron chi connectivity index (χ0n) is 15.9. The molecule has 1 aliphatic carbocycles. The highest BCUT2D eigenvalue weighted by atomic mass is 16.6. The average molecular weight is 387 g/mol. The van der Waals surface area contributed by atoms with E-state index in [1.54, 1.807) is 4.57 Å². The van der Waals surface area contributed by atoms with Crippen LogP contribution < -0.4 is 5.32 Å². The smallest absolute Gasteiger partial charge is 0.178 e. The molecule has 4 atom stereocenters. The molecule has 4 N–H and O–H groups in total. The third-order valence-corrected chi connectivity index (χ3v) is 5.48. The van der Waals surface area contributed by atoms with E-state index in [-0.39, 0.29) is 5.92 Å². The van der Waals surface area contributed by atoms with Crippen LogP contribution in [0.3, 0.4) is 0 Å². The zero-order chi connectivity index (χ0) is 19.9. The van der Waals surface area contributed by atoms with Gasteiger partial charge < -0.3 is 25.4 Å². The molecule has 0 radical (unpaired) electrons. The van der Waals surface area contributed by atoms with Crippen molar-refractivity contribution >= 4 is 17.0 Å². The van der Waals surface area contributed by atoms with Crippen LogP contribution in [0.5, 0.6) is 0 Å². The molecule has 2 aliphatic rings. The van der Waals surface area contributed by atoms with Crippen molar-refractivity contribution in [3.05, 3.63) is 36.6 Å². The predicted octanol–water partition coefficient (Wildman–Crippen LogP) is 0.894. The maximum absolute atomic E-state index is 10.8. The van der Waals surface area contributed by atoms with Crippen molar-refractivity contribution in [1.29, 1.82) is 0 Å². The number of nitrogens with zero attached hydrogens (tertiary/aromatic N) is 4. The van der Waals surface area contributed by atoms with Gasteiger partial charge in [-0.05, 0) is 18.9 Å². The molecular weight excluding hydrogens is 362 g/mol. The maximum atomic E-state index is 10.8. The summed E-state index contributed by atoms with van der Waals surface area (Å²) in [5, 5.41) is 34.0. The molecule has 0 spiro atoms. The second-order valence-corrected chi connectivity index (χ2v) is 7.47. The van der Waals surface area contributed by atoms with E-state index in [0.29, 0.717) is 17.0 Å². The highest BCUT2D eigenvalue weighted by molar-refractivity contribution is 5.83. The van der Waals surface area contributed by atoms with Gasteiger partial charge in [0.15, 0.2) is 22.7 Å². The average Bonchev–Trinajstić information content (AvgIpc) is 3.24. The molecular formula is C19H25N5O4. The van der Waals surface area contributed by atoms with Crippen LogP contribution >= 0.6 is 0 Å². The van der Waals surface area contributed by atoms with Gasteiger partial charge in [0.05, 0.1) is 12.9 Å². The lowest BCUT2D eigenvalue weighted by molar-refractivity contribution is -0.174. The van der Waals surface area contributed by atoms with Crippen LogP contribution in [0, 0.1) is 5.92 Å². The van der Waals surface area contributed by atoms with E-state index in [9.17, 15) is 15.3 Å². The Kier molecular flexibility index (Phi) is 4.92. The van der Waals surface area contributed by atoms with E-state index in [0.717, 1.165) is 18.5 Å². The molecule has 1 aliphatic heterocycles. The minimum Gasteiger partial charge on any atom is -0.394 e. The van der Waals surface area contributed by atoms with Gasteiger partial charge in [0.25, 0.3) is 0 Å². The largest absolute Gasteiger partial charge is 0.394 e. The van der Waals surface area contributed by atoms with Crippen molar-refractivity contribution in [1.82, 2.24) is 19.5 Å². The summed E-state index contributed by atoms with van der Waals surface area (Å²) in [6.07, 6.45) is 7.53. The van der Waals surface area contributed by atoms with Gasteiger partial charge in [-0.3, -0.25) is 4.57 Å². The van der Waals surface area contributed by atoms with E-state index < -0.39 is 30.6 Å². The van der Waals surface area contributed by atoms with E-state index in [1.807, 2.05) is 26.0 Å². The van der Waals surface area contributed by atoms with Gasteiger partial charge >= 0.3 is 0 Å². The Morgan fingerprint density at radius 3 is 2.79 bits per heavy atom. The number of hydrogen-bond donors (Lipinski definition) is 4. The number of ether oxygens (including phenoxy) is 1. The molecule has 9 nitrogen and oxygen atoms in total. The van der Waals surface area contributed by atoms with Crippen molar-refractivity contribution < 1.29 is 20.1 Å². The Balaban J connectivity index is 1.79. The summed E-state index contributed by atoms with van der Waals surface area (Å²) in [4.78, 5) is 13.1. The molecule has 28 heavy (non-hydrogen) atoms. The predicted molar refractivity (Wildman–Crippen MR) is 102 cm³/mol. The van der Waals surface area contributed by atoms with Crippen molar-refractivity contribution in [2.75, 3.05) is 11.9 Å². The molecule has 2 aromatic heterocycles. The van der Waals surface area contributed by atoms with E-state index in [1.165, 1.54) is 12.7 Å². The molecule has 0 aromatic carbocycles. The fourth-order valence-corrected chi connectivity index (χ4v) is 3.97. The maximum Gasteiger partial charge on any atom is 0.178 e. The van der Waals surface area contributed by atoms with Gasteiger partial charge in [-0.2, -0.15) is 0 Å². The van der Waals surface area contributed by atoms with Crippen LogP contribution in [0.15, 0.2) is 36.6 Å². The van der Waals surface area contributed by atoms with Crippen molar-refractivity contribution in [3.8, 4) is 0 Å². The monoisotopic (exact) mass is 387 g/mol. The number of aliphatic hydroxyl groups excluding tert-OH is 3. The minimum atomic E-state index is -1.31. The van der Waals surface area contributed by atoms with Gasteiger partial charge in [-0.25, -0.2) is 15.0 Å². The van der Waals surface area contributed by atoms with Crippen LogP contribution in [-0.4, -0.2) is 59.8 Å². The standard InChI is InChI=1S/C19H25N5O4/c1-11(2)19(16(27)15(26)13(8-25)28-19)24-10-22-14-17(20-9-21-18(14)24)23-12-6-4-3-5-7-12/h3-4,6,9-11,13,15-16,25-27H,5,7-8H2,1-2H3,(H,20,21,23)/t13-,15-,16-,19-/m1/s1. The van der Waals surface area contributed by atoms with Crippen LogP contribution in [-0.2, 0) is 10.5 Å². The first kappa shape index (κ1) is 19.0. The molecule has 2 aromatic rings. The molecule has 0 amide bonds. The third kappa shape index (κ3) is 2.82. The van der Waals surface area contributed by atoms with Crippen molar-refractivity contribution in [2.24, 2.45) is 5.92 Å². The summed E-state index contributed by atoms with van der Waals surface area (Å²) in [6.45, 7) is 3.35. The summed E-state index contributed by atoms with van der Waals surface area (Å²) in [6, 6.07) is 0. The fourth-order valence-electron chi connectivity index (χ4n) is 3.97. The molecule has 4 rings (SSSR count). The van der Waals surface area contributed by atoms with E-state index in [2.05, 4.69) is 26.3 Å². The molecule has 0 unspecified atom stereocenters. The normalized spacial score (nSPS) is 30.2. The van der Waals surface area contributed by atoms with Crippen LogP contribution in [0.1, 0.15) is 26.7 Å². The Labute approximate surface area is 162 Å². The Hall–Kier alpha value is -2.33. The van der Waals surface area contributed by atoms with Gasteiger partial charge in [0.2, 0.25) is 0 Å². The third-order valence-electron chi connectivity index (χ3n) is 5.48. The molecule has 9 heteroatoms. The number of fused-ring (bicyclic) bond motifs is 1. The van der Waals surface area contributed by atoms with E-state index in [4.69, 9.17) is 4.74 Å². The number of rotatable bonds is 5. The Morgan fingerprint density at radius 2 is 2.14 bits per heavy atom. The zero-order valence-corrected chi connectivity index (χ0v) is 15.9.